The number of nitrogens with two attached hydrogens (primary N) is 2. The Kier molecular flexibility index (Phi) is 13.7. The second-order valence-electron chi connectivity index (χ2n) is 6.69. The maximum Gasteiger partial charge on any atom is 0.286 e. The van der Waals surface area contributed by atoms with Crippen LogP contribution in [0.3, 0.4) is 0 Å². The Morgan fingerprint density at radius 1 is 1.16 bits per heavy atom. The van der Waals surface area contributed by atoms with E-state index in [-0.39, 0.29) is 41.5 Å². The lowest BCUT2D eigenvalue weighted by molar-refractivity contribution is -0.129. The standard InChI is InChI=1S/C19H28FN5O4S2/c20-16-7-3-1-5-14(16)11-25(22)19(28)13-30-10-9-15(31-12-18(27)23-21)6-2-4-8-17(26)24-29/h1,3,5,7,15H,2,4,6,8-13,21-22H2,(H,23,27). The minimum atomic E-state index is -0.664. The number of thioether (sulfide) groups is 2. The number of nitrogens with one attached hydrogen (secondary N) is 1. The summed E-state index contributed by atoms with van der Waals surface area (Å²) in [7, 11) is 0. The van der Waals surface area contributed by atoms with Gasteiger partial charge in [-0.3, -0.25) is 24.8 Å². The summed E-state index contributed by atoms with van der Waals surface area (Å²) in [6, 6.07) is 6.14. The van der Waals surface area contributed by atoms with Gasteiger partial charge in [0.2, 0.25) is 11.8 Å². The van der Waals surface area contributed by atoms with Crippen molar-refractivity contribution < 1.29 is 18.8 Å². The van der Waals surface area contributed by atoms with Crippen LogP contribution in [-0.2, 0) is 20.9 Å². The molecule has 5 N–H and O–H groups in total. The maximum absolute atomic E-state index is 13.7. The summed E-state index contributed by atoms with van der Waals surface area (Å²) in [5.41, 5.74) is 2.43. The van der Waals surface area contributed by atoms with Gasteiger partial charge in [-0.2, -0.15) is 11.8 Å². The van der Waals surface area contributed by atoms with Crippen molar-refractivity contribution in [1.29, 1.82) is 0 Å². The van der Waals surface area contributed by atoms with E-state index in [4.69, 9.17) is 11.7 Å². The Morgan fingerprint density at radius 2 is 1.90 bits per heavy atom. The summed E-state index contributed by atoms with van der Waals surface area (Å²) in [5.74, 6) is 10.2. The molecule has 0 saturated heterocycles. The van der Waals surface area contributed by atoms with E-state index in [0.717, 1.165) is 17.9 Å². The third-order valence-electron chi connectivity index (χ3n) is 4.31. The van der Waals surface area contributed by atoms with Crippen molar-refractivity contribution in [2.45, 2.75) is 43.9 Å². The second kappa shape index (κ2) is 15.7. The van der Waals surface area contributed by atoms with E-state index < -0.39 is 11.7 Å². The summed E-state index contributed by atoms with van der Waals surface area (Å²) in [4.78, 5) is 44.6. The van der Waals surface area contributed by atoms with Crippen LogP contribution in [0.15, 0.2) is 29.4 Å². The van der Waals surface area contributed by atoms with Gasteiger partial charge < -0.3 is 0 Å². The SMILES string of the molecule is NNC(=O)CSC(CCCCC(=O)N=O)CCSCC(=O)N(N)Cc1ccccc1F. The number of amides is 3. The largest absolute Gasteiger partial charge is 0.294 e. The minimum Gasteiger partial charge on any atom is -0.294 e. The zero-order valence-electron chi connectivity index (χ0n) is 17.1. The Morgan fingerprint density at radius 3 is 2.58 bits per heavy atom. The summed E-state index contributed by atoms with van der Waals surface area (Å²) in [6.07, 6.45) is 2.86. The summed E-state index contributed by atoms with van der Waals surface area (Å²) >= 11 is 2.86. The fraction of sp³-hybridized carbons (Fsp3) is 0.526. The number of halogens is 1. The number of nitrogens with zero attached hydrogens (tertiary/aromatic N) is 2. The van der Waals surface area contributed by atoms with Gasteiger partial charge in [0.1, 0.15) is 5.82 Å². The van der Waals surface area contributed by atoms with Crippen LogP contribution in [-0.4, -0.2) is 45.2 Å². The van der Waals surface area contributed by atoms with E-state index in [0.29, 0.717) is 24.2 Å². The highest BCUT2D eigenvalue weighted by Gasteiger charge is 2.15. The molecule has 0 radical (unpaired) electrons. The molecule has 31 heavy (non-hydrogen) atoms. The highest BCUT2D eigenvalue weighted by atomic mass is 32.2. The van der Waals surface area contributed by atoms with Crippen molar-refractivity contribution in [3.63, 3.8) is 0 Å². The number of hydrogen-bond acceptors (Lipinski definition) is 8. The van der Waals surface area contributed by atoms with Crippen LogP contribution in [0, 0.1) is 10.7 Å². The first-order valence-corrected chi connectivity index (χ1v) is 11.9. The molecule has 0 heterocycles. The third kappa shape index (κ3) is 11.8. The van der Waals surface area contributed by atoms with Crippen molar-refractivity contribution in [2.24, 2.45) is 16.9 Å². The summed E-state index contributed by atoms with van der Waals surface area (Å²) < 4.78 is 13.7. The number of hydrogen-bond donors (Lipinski definition) is 3. The summed E-state index contributed by atoms with van der Waals surface area (Å²) in [5, 5.41) is 3.50. The normalized spacial score (nSPS) is 11.6. The topological polar surface area (TPSA) is 148 Å². The van der Waals surface area contributed by atoms with E-state index >= 15 is 0 Å². The number of benzene rings is 1. The lowest BCUT2D eigenvalue weighted by Crippen LogP contribution is -2.38. The molecule has 0 bridgehead atoms. The number of nitroso groups, excluding NO2 is 1. The number of hydrazine groups is 2. The Balaban J connectivity index is 2.37. The molecule has 1 atom stereocenters. The van der Waals surface area contributed by atoms with E-state index in [1.54, 1.807) is 18.2 Å². The molecule has 12 heteroatoms. The predicted molar refractivity (Wildman–Crippen MR) is 121 cm³/mol. The van der Waals surface area contributed by atoms with Crippen molar-refractivity contribution in [3.05, 3.63) is 40.6 Å². The molecular weight excluding hydrogens is 445 g/mol. The van der Waals surface area contributed by atoms with Crippen molar-refractivity contribution in [1.82, 2.24) is 10.4 Å². The molecule has 0 saturated carbocycles. The van der Waals surface area contributed by atoms with Gasteiger partial charge >= 0.3 is 0 Å². The van der Waals surface area contributed by atoms with Gasteiger partial charge in [-0.1, -0.05) is 24.6 Å². The van der Waals surface area contributed by atoms with Crippen LogP contribution in [0.25, 0.3) is 0 Å². The van der Waals surface area contributed by atoms with E-state index in [1.807, 2.05) is 0 Å². The Labute approximate surface area is 189 Å². The van der Waals surface area contributed by atoms with Crippen LogP contribution < -0.4 is 17.1 Å². The van der Waals surface area contributed by atoms with Crippen LogP contribution in [0.1, 0.15) is 37.7 Å². The van der Waals surface area contributed by atoms with Crippen LogP contribution >= 0.6 is 23.5 Å². The lowest BCUT2D eigenvalue weighted by Gasteiger charge is -2.18. The van der Waals surface area contributed by atoms with Gasteiger partial charge in [0.15, 0.2) is 0 Å². The minimum absolute atomic E-state index is 0.00684. The van der Waals surface area contributed by atoms with Crippen LogP contribution in [0.4, 0.5) is 4.39 Å². The molecule has 0 aromatic heterocycles. The molecule has 0 aliphatic rings. The molecule has 0 spiro atoms. The fourth-order valence-electron chi connectivity index (χ4n) is 2.60. The number of unbranched alkanes of at least 4 members (excludes halogenated alkanes) is 1. The number of carbonyl (C=O) groups excluding carboxylic acids is 3. The molecule has 1 aromatic rings. The van der Waals surface area contributed by atoms with E-state index in [9.17, 15) is 23.7 Å². The molecular formula is C19H28FN5O4S2. The zero-order chi connectivity index (χ0) is 23.1. The zero-order valence-corrected chi connectivity index (χ0v) is 18.8. The number of carbonyl (C=O) groups is 3. The smallest absolute Gasteiger partial charge is 0.286 e. The molecule has 1 aromatic carbocycles. The monoisotopic (exact) mass is 473 g/mol. The third-order valence-corrected chi connectivity index (χ3v) is 6.66. The first-order valence-electron chi connectivity index (χ1n) is 9.70. The van der Waals surface area contributed by atoms with Gasteiger partial charge in [0.25, 0.3) is 5.91 Å². The highest BCUT2D eigenvalue weighted by Crippen LogP contribution is 2.23. The second-order valence-corrected chi connectivity index (χ2v) is 9.08. The van der Waals surface area contributed by atoms with Gasteiger partial charge in [0.05, 0.1) is 18.1 Å². The van der Waals surface area contributed by atoms with Crippen molar-refractivity contribution >= 4 is 41.2 Å². The van der Waals surface area contributed by atoms with E-state index in [2.05, 4.69) is 10.6 Å². The molecule has 0 fully saturated rings. The lowest BCUT2D eigenvalue weighted by atomic mass is 10.1. The molecule has 3 amide bonds. The van der Waals surface area contributed by atoms with Gasteiger partial charge in [-0.25, -0.2) is 16.1 Å². The average molecular weight is 474 g/mol. The quantitative estimate of drug-likeness (QED) is 0.115. The molecule has 1 unspecified atom stereocenters. The van der Waals surface area contributed by atoms with E-state index in [1.165, 1.54) is 29.6 Å². The van der Waals surface area contributed by atoms with Crippen LogP contribution in [0.5, 0.6) is 0 Å². The molecule has 172 valence electrons. The first-order chi connectivity index (χ1) is 14.9. The molecule has 1 rings (SSSR count). The van der Waals surface area contributed by atoms with Gasteiger partial charge in [-0.15, -0.1) is 16.7 Å². The molecule has 9 nitrogen and oxygen atoms in total. The van der Waals surface area contributed by atoms with Crippen LogP contribution in [0.2, 0.25) is 0 Å². The fourth-order valence-corrected chi connectivity index (χ4v) is 4.77. The molecule has 0 aliphatic carbocycles. The summed E-state index contributed by atoms with van der Waals surface area (Å²) in [6.45, 7) is -0.00684. The predicted octanol–water partition coefficient (Wildman–Crippen LogP) is 2.10. The van der Waals surface area contributed by atoms with Gasteiger partial charge in [-0.05, 0) is 31.1 Å². The molecule has 0 aliphatic heterocycles. The van der Waals surface area contributed by atoms with Gasteiger partial charge in [0, 0.05) is 22.4 Å². The first kappa shape index (κ1) is 27.0. The number of rotatable bonds is 15. The maximum atomic E-state index is 13.7. The average Bonchev–Trinajstić information content (AvgIpc) is 2.77. The van der Waals surface area contributed by atoms with Crippen molar-refractivity contribution in [2.75, 3.05) is 17.3 Å². The Hall–Kier alpha value is -2.02. The Bertz CT molecular complexity index is 741. The van der Waals surface area contributed by atoms with Crippen molar-refractivity contribution in [3.8, 4) is 0 Å². The highest BCUT2D eigenvalue weighted by molar-refractivity contribution is 8.01.